The van der Waals surface area contributed by atoms with E-state index >= 15 is 0 Å². The van der Waals surface area contributed by atoms with Crippen molar-refractivity contribution in [3.8, 4) is 11.8 Å². The Kier molecular flexibility index (Phi) is 6.99. The average molecular weight is 449 g/mol. The Morgan fingerprint density at radius 3 is 2.39 bits per heavy atom. The molecule has 0 aliphatic heterocycles. The lowest BCUT2D eigenvalue weighted by Crippen LogP contribution is -2.30. The van der Waals surface area contributed by atoms with Crippen LogP contribution in [0.3, 0.4) is 0 Å². The van der Waals surface area contributed by atoms with Gasteiger partial charge in [-0.05, 0) is 65.9 Å². The summed E-state index contributed by atoms with van der Waals surface area (Å²) < 4.78 is 6.29. The zero-order valence-electron chi connectivity index (χ0n) is 18.7. The van der Waals surface area contributed by atoms with Gasteiger partial charge in [0.05, 0.1) is 23.1 Å². The monoisotopic (exact) mass is 448 g/mol. The van der Waals surface area contributed by atoms with Gasteiger partial charge in [-0.2, -0.15) is 5.26 Å². The summed E-state index contributed by atoms with van der Waals surface area (Å²) in [5.41, 5.74) is 3.51. The fourth-order valence-corrected chi connectivity index (χ4v) is 4.61. The van der Waals surface area contributed by atoms with Crippen LogP contribution in [-0.4, -0.2) is 14.9 Å². The summed E-state index contributed by atoms with van der Waals surface area (Å²) in [6, 6.07) is 19.3. The maximum atomic E-state index is 13.4. The SMILES string of the molecule is C[SiH](C)Oc1cc(C(C)(C)C)ccc1CN(C(=O)c1cccs1)c1ccc(C#N)cc1. The Labute approximate surface area is 190 Å². The number of nitrogens with zero attached hydrogens (tertiary/aromatic N) is 2. The van der Waals surface area contributed by atoms with Crippen LogP contribution < -0.4 is 9.33 Å². The number of carbonyl (C=O) groups excluding carboxylic acids is 1. The molecule has 0 bridgehead atoms. The number of nitriles is 1. The molecule has 0 fully saturated rings. The highest BCUT2D eigenvalue weighted by Gasteiger charge is 2.23. The molecule has 0 saturated heterocycles. The van der Waals surface area contributed by atoms with Gasteiger partial charge in [0, 0.05) is 11.3 Å². The fraction of sp³-hybridized carbons (Fsp3) is 0.280. The maximum Gasteiger partial charge on any atom is 0.268 e. The Bertz CT molecular complexity index is 1080. The Morgan fingerprint density at radius 2 is 1.84 bits per heavy atom. The first-order valence-electron chi connectivity index (χ1n) is 10.3. The molecule has 0 saturated carbocycles. The first kappa shape index (κ1) is 22.8. The molecule has 31 heavy (non-hydrogen) atoms. The molecule has 160 valence electrons. The topological polar surface area (TPSA) is 53.3 Å². The summed E-state index contributed by atoms with van der Waals surface area (Å²) in [5.74, 6) is 0.791. The lowest BCUT2D eigenvalue weighted by Gasteiger charge is -2.26. The minimum atomic E-state index is -1.34. The zero-order chi connectivity index (χ0) is 22.6. The van der Waals surface area contributed by atoms with Gasteiger partial charge in [0.15, 0.2) is 0 Å². The van der Waals surface area contributed by atoms with Gasteiger partial charge in [-0.15, -0.1) is 11.3 Å². The molecule has 3 rings (SSSR count). The normalized spacial score (nSPS) is 11.3. The van der Waals surface area contributed by atoms with Crippen molar-refractivity contribution in [3.05, 3.63) is 81.5 Å². The molecule has 0 N–H and O–H groups in total. The van der Waals surface area contributed by atoms with Crippen LogP contribution in [0.4, 0.5) is 5.69 Å². The molecular formula is C25H28N2O2SSi. The van der Waals surface area contributed by atoms with E-state index in [1.165, 1.54) is 16.9 Å². The van der Waals surface area contributed by atoms with Crippen LogP contribution in [-0.2, 0) is 12.0 Å². The number of hydrogen-bond donors (Lipinski definition) is 0. The van der Waals surface area contributed by atoms with Crippen LogP contribution in [0.25, 0.3) is 0 Å². The standard InChI is InChI=1S/C25H28N2O2SSi/c1-25(2,3)20-11-10-19(22(15-20)29-31(4)5)17-27(24(28)23-7-6-14-30-23)21-12-8-18(16-26)9-13-21/h6-15,31H,17H2,1-5H3. The lowest BCUT2D eigenvalue weighted by atomic mass is 9.86. The van der Waals surface area contributed by atoms with E-state index in [1.54, 1.807) is 17.0 Å². The number of amides is 1. The molecule has 3 aromatic rings. The minimum Gasteiger partial charge on any atom is -0.547 e. The van der Waals surface area contributed by atoms with E-state index < -0.39 is 9.04 Å². The molecule has 1 heterocycles. The third kappa shape index (κ3) is 5.63. The highest BCUT2D eigenvalue weighted by Crippen LogP contribution is 2.31. The molecule has 0 aliphatic rings. The second kappa shape index (κ2) is 9.50. The van der Waals surface area contributed by atoms with Crippen LogP contribution in [0, 0.1) is 11.3 Å². The van der Waals surface area contributed by atoms with E-state index in [4.69, 9.17) is 9.69 Å². The third-order valence-electron chi connectivity index (χ3n) is 4.91. The van der Waals surface area contributed by atoms with Crippen molar-refractivity contribution in [1.82, 2.24) is 0 Å². The van der Waals surface area contributed by atoms with E-state index in [0.29, 0.717) is 17.0 Å². The first-order valence-corrected chi connectivity index (χ1v) is 14.0. The quantitative estimate of drug-likeness (QED) is 0.426. The molecule has 0 aliphatic carbocycles. The third-order valence-corrected chi connectivity index (χ3v) is 6.49. The summed E-state index contributed by atoms with van der Waals surface area (Å²) in [6.07, 6.45) is 0. The van der Waals surface area contributed by atoms with Crippen LogP contribution in [0.15, 0.2) is 60.0 Å². The van der Waals surface area contributed by atoms with Gasteiger partial charge in [-0.1, -0.05) is 39.0 Å². The number of benzene rings is 2. The van der Waals surface area contributed by atoms with Crippen molar-refractivity contribution in [1.29, 1.82) is 5.26 Å². The van der Waals surface area contributed by atoms with Gasteiger partial charge in [-0.3, -0.25) is 4.79 Å². The number of anilines is 1. The molecule has 4 nitrogen and oxygen atoms in total. The molecule has 2 aromatic carbocycles. The molecule has 1 amide bonds. The Hall–Kier alpha value is -2.88. The van der Waals surface area contributed by atoms with Crippen molar-refractivity contribution in [3.63, 3.8) is 0 Å². The van der Waals surface area contributed by atoms with Crippen LogP contribution in [0.1, 0.15) is 47.1 Å². The number of thiophene rings is 1. The van der Waals surface area contributed by atoms with Gasteiger partial charge < -0.3 is 9.33 Å². The number of hydrogen-bond acceptors (Lipinski definition) is 4. The second-order valence-corrected chi connectivity index (χ2v) is 12.0. The molecule has 6 heteroatoms. The van der Waals surface area contributed by atoms with Crippen molar-refractivity contribution >= 4 is 32.0 Å². The molecule has 0 spiro atoms. The van der Waals surface area contributed by atoms with Gasteiger partial charge in [-0.25, -0.2) is 0 Å². The Balaban J connectivity index is 2.04. The molecule has 0 unspecified atom stereocenters. The first-order chi connectivity index (χ1) is 14.7. The summed E-state index contributed by atoms with van der Waals surface area (Å²) in [5, 5.41) is 11.0. The minimum absolute atomic E-state index is 0.00871. The number of carbonyl (C=O) groups is 1. The van der Waals surface area contributed by atoms with Crippen LogP contribution in [0.2, 0.25) is 13.1 Å². The lowest BCUT2D eigenvalue weighted by molar-refractivity contribution is 0.0989. The van der Waals surface area contributed by atoms with E-state index in [2.05, 4.69) is 58.1 Å². The highest BCUT2D eigenvalue weighted by atomic mass is 32.1. The highest BCUT2D eigenvalue weighted by molar-refractivity contribution is 7.12. The molecule has 1 aromatic heterocycles. The van der Waals surface area contributed by atoms with E-state index in [0.717, 1.165) is 17.0 Å². The zero-order valence-corrected chi connectivity index (χ0v) is 20.6. The average Bonchev–Trinajstić information content (AvgIpc) is 3.26. The predicted octanol–water partition coefficient (Wildman–Crippen LogP) is 6.13. The van der Waals surface area contributed by atoms with Crippen molar-refractivity contribution in [2.75, 3.05) is 4.90 Å². The van der Waals surface area contributed by atoms with E-state index in [1.807, 2.05) is 29.6 Å². The van der Waals surface area contributed by atoms with Gasteiger partial charge in [0.2, 0.25) is 9.04 Å². The summed E-state index contributed by atoms with van der Waals surface area (Å²) in [6.45, 7) is 11.2. The van der Waals surface area contributed by atoms with Crippen molar-refractivity contribution in [2.24, 2.45) is 0 Å². The molecule has 0 radical (unpaired) electrons. The Morgan fingerprint density at radius 1 is 1.13 bits per heavy atom. The summed E-state index contributed by atoms with van der Waals surface area (Å²) in [7, 11) is -1.34. The molecular weight excluding hydrogens is 420 g/mol. The van der Waals surface area contributed by atoms with E-state index in [-0.39, 0.29) is 11.3 Å². The van der Waals surface area contributed by atoms with E-state index in [9.17, 15) is 4.79 Å². The smallest absolute Gasteiger partial charge is 0.268 e. The van der Waals surface area contributed by atoms with Gasteiger partial charge >= 0.3 is 0 Å². The fourth-order valence-electron chi connectivity index (χ4n) is 3.22. The summed E-state index contributed by atoms with van der Waals surface area (Å²) >= 11 is 1.42. The maximum absolute atomic E-state index is 13.4. The van der Waals surface area contributed by atoms with Gasteiger partial charge in [0.25, 0.3) is 5.91 Å². The second-order valence-electron chi connectivity index (χ2n) is 8.77. The van der Waals surface area contributed by atoms with Crippen LogP contribution in [0.5, 0.6) is 5.75 Å². The predicted molar refractivity (Wildman–Crippen MR) is 131 cm³/mol. The largest absolute Gasteiger partial charge is 0.547 e. The molecule has 0 atom stereocenters. The van der Waals surface area contributed by atoms with Gasteiger partial charge in [0.1, 0.15) is 5.75 Å². The number of rotatable bonds is 6. The van der Waals surface area contributed by atoms with Crippen molar-refractivity contribution in [2.45, 2.75) is 45.8 Å². The summed E-state index contributed by atoms with van der Waals surface area (Å²) in [4.78, 5) is 15.8. The van der Waals surface area contributed by atoms with Crippen LogP contribution >= 0.6 is 11.3 Å². The van der Waals surface area contributed by atoms with Crippen molar-refractivity contribution < 1.29 is 9.22 Å².